The van der Waals surface area contributed by atoms with E-state index in [1.54, 1.807) is 37.5 Å². The number of benzene rings is 1. The Hall–Kier alpha value is -2.41. The van der Waals surface area contributed by atoms with E-state index in [0.717, 1.165) is 5.56 Å². The Balaban J connectivity index is 2.07. The third-order valence-electron chi connectivity index (χ3n) is 3.68. The van der Waals surface area contributed by atoms with Crippen molar-refractivity contribution in [1.82, 2.24) is 4.98 Å². The quantitative estimate of drug-likeness (QED) is 0.801. The lowest BCUT2D eigenvalue weighted by molar-refractivity contribution is 0.0522. The molecule has 0 bridgehead atoms. The Morgan fingerprint density at radius 2 is 2.09 bits per heavy atom. The van der Waals surface area contributed by atoms with Gasteiger partial charge in [-0.05, 0) is 37.1 Å². The second-order valence-corrected chi connectivity index (χ2v) is 6.88. The zero-order chi connectivity index (χ0) is 16.4. The molecular formula is C16H16N2O4S. The fraction of sp³-hybridized carbons (Fsp3) is 0.250. The number of hydrogen-bond acceptors (Lipinski definition) is 5. The lowest BCUT2D eigenvalue weighted by Gasteiger charge is -2.20. The normalized spacial score (nSPS) is 13.7. The van der Waals surface area contributed by atoms with Crippen LogP contribution in [-0.4, -0.2) is 32.5 Å². The van der Waals surface area contributed by atoms with Crippen LogP contribution in [0.25, 0.3) is 0 Å². The third-order valence-corrected chi connectivity index (χ3v) is 5.55. The van der Waals surface area contributed by atoms with Crippen molar-refractivity contribution in [3.05, 3.63) is 53.9 Å². The van der Waals surface area contributed by atoms with E-state index in [1.165, 1.54) is 16.4 Å². The molecule has 1 aromatic heterocycles. The Morgan fingerprint density at radius 3 is 2.87 bits per heavy atom. The van der Waals surface area contributed by atoms with Gasteiger partial charge in [0.05, 0.1) is 17.9 Å². The van der Waals surface area contributed by atoms with Crippen LogP contribution in [-0.2, 0) is 21.2 Å². The highest BCUT2D eigenvalue weighted by Gasteiger charge is 2.33. The minimum Gasteiger partial charge on any atom is -0.462 e. The molecule has 2 aromatic rings. The first-order chi connectivity index (χ1) is 11.1. The Bertz CT molecular complexity index is 849. The molecule has 23 heavy (non-hydrogen) atoms. The number of carbonyl (C=O) groups excluding carboxylic acids is 1. The summed E-state index contributed by atoms with van der Waals surface area (Å²) >= 11 is 0. The number of pyridine rings is 1. The summed E-state index contributed by atoms with van der Waals surface area (Å²) in [6.07, 6.45) is 3.83. The van der Waals surface area contributed by atoms with Crippen molar-refractivity contribution >= 4 is 21.7 Å². The largest absolute Gasteiger partial charge is 0.462 e. The van der Waals surface area contributed by atoms with Crippen LogP contribution in [0, 0.1) is 0 Å². The number of rotatable bonds is 4. The van der Waals surface area contributed by atoms with Crippen molar-refractivity contribution < 1.29 is 17.9 Å². The Kier molecular flexibility index (Phi) is 4.04. The summed E-state index contributed by atoms with van der Waals surface area (Å²) in [6.45, 7) is 2.20. The van der Waals surface area contributed by atoms with Gasteiger partial charge in [0, 0.05) is 18.9 Å². The number of ether oxygens (including phenoxy) is 1. The van der Waals surface area contributed by atoms with Crippen molar-refractivity contribution in [2.45, 2.75) is 18.2 Å². The number of hydrogen-bond donors (Lipinski definition) is 0. The van der Waals surface area contributed by atoms with Gasteiger partial charge >= 0.3 is 5.97 Å². The monoisotopic (exact) mass is 332 g/mol. The summed E-state index contributed by atoms with van der Waals surface area (Å²) in [5, 5.41) is 0. The molecule has 0 atom stereocenters. The van der Waals surface area contributed by atoms with Crippen molar-refractivity contribution in [2.24, 2.45) is 0 Å². The molecule has 0 unspecified atom stereocenters. The van der Waals surface area contributed by atoms with E-state index in [-0.39, 0.29) is 17.1 Å². The molecule has 0 radical (unpaired) electrons. The van der Waals surface area contributed by atoms with E-state index in [0.29, 0.717) is 18.7 Å². The predicted molar refractivity (Wildman–Crippen MR) is 84.9 cm³/mol. The number of nitrogens with zero attached hydrogens (tertiary/aromatic N) is 2. The summed E-state index contributed by atoms with van der Waals surface area (Å²) in [7, 11) is -3.84. The van der Waals surface area contributed by atoms with Crippen LogP contribution < -0.4 is 4.31 Å². The van der Waals surface area contributed by atoms with Crippen LogP contribution in [0.4, 0.5) is 5.69 Å². The van der Waals surface area contributed by atoms with Crippen LogP contribution in [0.15, 0.2) is 47.6 Å². The summed E-state index contributed by atoms with van der Waals surface area (Å²) in [5.74, 6) is -0.638. The second-order valence-electron chi connectivity index (χ2n) is 5.05. The predicted octanol–water partition coefficient (Wildman–Crippen LogP) is 2.01. The van der Waals surface area contributed by atoms with Gasteiger partial charge in [0.15, 0.2) is 0 Å². The van der Waals surface area contributed by atoms with Crippen LogP contribution in [0.1, 0.15) is 22.8 Å². The third kappa shape index (κ3) is 2.68. The van der Waals surface area contributed by atoms with Gasteiger partial charge in [-0.2, -0.15) is 0 Å². The highest BCUT2D eigenvalue weighted by atomic mass is 32.2. The number of anilines is 1. The first-order valence-corrected chi connectivity index (χ1v) is 8.71. The van der Waals surface area contributed by atoms with E-state index in [4.69, 9.17) is 4.74 Å². The molecule has 0 fully saturated rings. The molecule has 0 aliphatic carbocycles. The standard InChI is InChI=1S/C16H16N2O4S/c1-2-22-16(19)13-5-3-4-6-15(13)23(20,21)18-10-8-12-11-17-9-7-14(12)18/h3-7,9,11H,2,8,10H2,1H3. The molecule has 2 heterocycles. The molecule has 1 aliphatic heterocycles. The maximum absolute atomic E-state index is 13.0. The average Bonchev–Trinajstić information content (AvgIpc) is 3.00. The molecule has 0 saturated carbocycles. The second kappa shape index (κ2) is 6.00. The van der Waals surface area contributed by atoms with E-state index < -0.39 is 16.0 Å². The van der Waals surface area contributed by atoms with Crippen LogP contribution in [0.2, 0.25) is 0 Å². The summed E-state index contributed by atoms with van der Waals surface area (Å²) < 4.78 is 32.3. The van der Waals surface area contributed by atoms with Crippen molar-refractivity contribution in [2.75, 3.05) is 17.5 Å². The van der Waals surface area contributed by atoms with E-state index in [2.05, 4.69) is 4.98 Å². The fourth-order valence-corrected chi connectivity index (χ4v) is 4.32. The van der Waals surface area contributed by atoms with E-state index in [1.807, 2.05) is 0 Å². The topological polar surface area (TPSA) is 76.6 Å². The Labute approximate surface area is 134 Å². The molecule has 0 spiro atoms. The molecular weight excluding hydrogens is 316 g/mol. The number of fused-ring (bicyclic) bond motifs is 1. The molecule has 1 aliphatic rings. The number of sulfonamides is 1. The maximum atomic E-state index is 13.0. The van der Waals surface area contributed by atoms with Gasteiger partial charge in [-0.25, -0.2) is 13.2 Å². The Morgan fingerprint density at radius 1 is 1.30 bits per heavy atom. The molecule has 0 saturated heterocycles. The number of esters is 1. The fourth-order valence-electron chi connectivity index (χ4n) is 2.64. The van der Waals surface area contributed by atoms with Crippen molar-refractivity contribution in [3.8, 4) is 0 Å². The van der Waals surface area contributed by atoms with Gasteiger partial charge in [0.2, 0.25) is 0 Å². The molecule has 7 heteroatoms. The summed E-state index contributed by atoms with van der Waals surface area (Å²) in [6, 6.07) is 7.79. The summed E-state index contributed by atoms with van der Waals surface area (Å²) in [4.78, 5) is 16.0. The lowest BCUT2D eigenvalue weighted by atomic mass is 10.2. The van der Waals surface area contributed by atoms with Gasteiger partial charge in [0.1, 0.15) is 4.90 Å². The van der Waals surface area contributed by atoms with Crippen LogP contribution in [0.5, 0.6) is 0 Å². The van der Waals surface area contributed by atoms with Crippen LogP contribution >= 0.6 is 0 Å². The van der Waals surface area contributed by atoms with E-state index in [9.17, 15) is 13.2 Å². The summed E-state index contributed by atoms with van der Waals surface area (Å²) in [5.41, 5.74) is 1.54. The number of aromatic nitrogens is 1. The molecule has 3 rings (SSSR count). The zero-order valence-electron chi connectivity index (χ0n) is 12.6. The molecule has 0 N–H and O–H groups in total. The zero-order valence-corrected chi connectivity index (χ0v) is 13.4. The first kappa shape index (κ1) is 15.5. The average molecular weight is 332 g/mol. The highest BCUT2D eigenvalue weighted by Crippen LogP contribution is 2.33. The van der Waals surface area contributed by atoms with Crippen LogP contribution in [0.3, 0.4) is 0 Å². The van der Waals surface area contributed by atoms with Gasteiger partial charge < -0.3 is 4.74 Å². The minimum absolute atomic E-state index is 0.0388. The molecule has 120 valence electrons. The highest BCUT2D eigenvalue weighted by molar-refractivity contribution is 7.93. The van der Waals surface area contributed by atoms with Gasteiger partial charge in [0.25, 0.3) is 10.0 Å². The molecule has 6 nitrogen and oxygen atoms in total. The minimum atomic E-state index is -3.84. The molecule has 1 aromatic carbocycles. The SMILES string of the molecule is CCOC(=O)c1ccccc1S(=O)(=O)N1CCc2cnccc21. The van der Waals surface area contributed by atoms with Crippen molar-refractivity contribution in [1.29, 1.82) is 0 Å². The van der Waals surface area contributed by atoms with Gasteiger partial charge in [-0.15, -0.1) is 0 Å². The first-order valence-electron chi connectivity index (χ1n) is 7.27. The van der Waals surface area contributed by atoms with Crippen molar-refractivity contribution in [3.63, 3.8) is 0 Å². The van der Waals surface area contributed by atoms with Gasteiger partial charge in [-0.3, -0.25) is 9.29 Å². The number of carbonyl (C=O) groups is 1. The molecule has 0 amide bonds. The van der Waals surface area contributed by atoms with E-state index >= 15 is 0 Å². The smallest absolute Gasteiger partial charge is 0.339 e. The van der Waals surface area contributed by atoms with Gasteiger partial charge in [-0.1, -0.05) is 12.1 Å². The lowest BCUT2D eigenvalue weighted by Crippen LogP contribution is -2.30. The maximum Gasteiger partial charge on any atom is 0.339 e.